The fourth-order valence-corrected chi connectivity index (χ4v) is 1.89. The van der Waals surface area contributed by atoms with Crippen LogP contribution in [0.2, 0.25) is 0 Å². The van der Waals surface area contributed by atoms with Crippen molar-refractivity contribution in [3.8, 4) is 5.75 Å². The van der Waals surface area contributed by atoms with E-state index in [1.54, 1.807) is 13.4 Å². The van der Waals surface area contributed by atoms with Crippen molar-refractivity contribution in [2.45, 2.75) is 0 Å². The number of rotatable bonds is 3. The van der Waals surface area contributed by atoms with Crippen LogP contribution in [0.3, 0.4) is 0 Å². The quantitative estimate of drug-likeness (QED) is 0.776. The van der Waals surface area contributed by atoms with Crippen molar-refractivity contribution in [3.05, 3.63) is 36.9 Å². The number of ether oxygens (including phenoxy) is 1. The van der Waals surface area contributed by atoms with Crippen LogP contribution < -0.4 is 10.1 Å². The van der Waals surface area contributed by atoms with Crippen LogP contribution in [0.15, 0.2) is 36.9 Å². The maximum absolute atomic E-state index is 5.13. The molecule has 0 aliphatic heterocycles. The summed E-state index contributed by atoms with van der Waals surface area (Å²) in [6.07, 6.45) is 3.22. The monoisotopic (exact) mass is 255 g/mol. The van der Waals surface area contributed by atoms with Crippen LogP contribution in [0.25, 0.3) is 11.2 Å². The molecule has 3 rings (SSSR count). The first-order valence-electron chi connectivity index (χ1n) is 5.81. The van der Waals surface area contributed by atoms with Crippen molar-refractivity contribution in [1.29, 1.82) is 0 Å². The maximum atomic E-state index is 5.13. The lowest BCUT2D eigenvalue weighted by atomic mass is 10.3. The van der Waals surface area contributed by atoms with Gasteiger partial charge >= 0.3 is 0 Å². The second kappa shape index (κ2) is 4.56. The van der Waals surface area contributed by atoms with Gasteiger partial charge in [0.2, 0.25) is 0 Å². The van der Waals surface area contributed by atoms with E-state index in [1.165, 1.54) is 6.33 Å². The zero-order valence-corrected chi connectivity index (χ0v) is 10.7. The van der Waals surface area contributed by atoms with Crippen molar-refractivity contribution in [3.63, 3.8) is 0 Å². The summed E-state index contributed by atoms with van der Waals surface area (Å²) in [6, 6.07) is 7.65. The van der Waals surface area contributed by atoms with Gasteiger partial charge in [0.05, 0.1) is 13.4 Å². The minimum absolute atomic E-state index is 0.675. The van der Waals surface area contributed by atoms with Gasteiger partial charge < -0.3 is 14.6 Å². The minimum atomic E-state index is 0.675. The molecule has 0 aliphatic carbocycles. The number of imidazole rings is 1. The van der Waals surface area contributed by atoms with Gasteiger partial charge in [-0.05, 0) is 24.3 Å². The Hall–Kier alpha value is -2.63. The number of hydrogen-bond acceptors (Lipinski definition) is 5. The van der Waals surface area contributed by atoms with Gasteiger partial charge in [0.15, 0.2) is 11.5 Å². The van der Waals surface area contributed by atoms with Gasteiger partial charge in [-0.15, -0.1) is 0 Å². The molecule has 19 heavy (non-hydrogen) atoms. The largest absolute Gasteiger partial charge is 0.497 e. The molecule has 0 bridgehead atoms. The fraction of sp³-hybridized carbons (Fsp3) is 0.154. The normalized spacial score (nSPS) is 10.6. The number of methoxy groups -OCH3 is 1. The third-order valence-corrected chi connectivity index (χ3v) is 2.86. The van der Waals surface area contributed by atoms with Gasteiger partial charge in [-0.25, -0.2) is 15.0 Å². The van der Waals surface area contributed by atoms with Crippen molar-refractivity contribution in [1.82, 2.24) is 19.5 Å². The highest BCUT2D eigenvalue weighted by Gasteiger charge is 2.08. The number of fused-ring (bicyclic) bond motifs is 1. The van der Waals surface area contributed by atoms with E-state index >= 15 is 0 Å². The maximum Gasteiger partial charge on any atom is 0.182 e. The standard InChI is InChI=1S/C13H13N5O/c1-18-8-16-12-11(18)13(15-7-14-12)17-9-3-5-10(19-2)6-4-9/h3-8H,1-2H3,(H,14,15,17). The van der Waals surface area contributed by atoms with Crippen molar-refractivity contribution in [2.24, 2.45) is 7.05 Å². The average molecular weight is 255 g/mol. The van der Waals surface area contributed by atoms with Crippen LogP contribution in [0.4, 0.5) is 11.5 Å². The number of anilines is 2. The van der Waals surface area contributed by atoms with Gasteiger partial charge in [0.1, 0.15) is 17.6 Å². The first-order chi connectivity index (χ1) is 9.28. The van der Waals surface area contributed by atoms with Gasteiger partial charge in [0, 0.05) is 12.7 Å². The molecule has 96 valence electrons. The number of nitrogens with zero attached hydrogens (tertiary/aromatic N) is 4. The lowest BCUT2D eigenvalue weighted by Crippen LogP contribution is -1.98. The molecule has 6 nitrogen and oxygen atoms in total. The van der Waals surface area contributed by atoms with E-state index in [0.717, 1.165) is 22.8 Å². The van der Waals surface area contributed by atoms with Gasteiger partial charge in [-0.1, -0.05) is 0 Å². The molecule has 0 amide bonds. The summed E-state index contributed by atoms with van der Waals surface area (Å²) in [5, 5.41) is 3.26. The Balaban J connectivity index is 1.98. The second-order valence-electron chi connectivity index (χ2n) is 4.10. The molecular weight excluding hydrogens is 242 g/mol. The first-order valence-corrected chi connectivity index (χ1v) is 5.81. The zero-order chi connectivity index (χ0) is 13.2. The summed E-state index contributed by atoms with van der Waals surface area (Å²) < 4.78 is 7.02. The van der Waals surface area contributed by atoms with E-state index in [0.29, 0.717) is 5.65 Å². The molecule has 3 aromatic rings. The summed E-state index contributed by atoms with van der Waals surface area (Å²) in [7, 11) is 3.56. The molecule has 1 aromatic carbocycles. The van der Waals surface area contributed by atoms with Crippen molar-refractivity contribution < 1.29 is 4.74 Å². The Morgan fingerprint density at radius 1 is 1.11 bits per heavy atom. The van der Waals surface area contributed by atoms with Crippen molar-refractivity contribution >= 4 is 22.7 Å². The molecule has 0 saturated carbocycles. The molecule has 0 aliphatic rings. The van der Waals surface area contributed by atoms with Gasteiger partial charge in [-0.2, -0.15) is 0 Å². The summed E-state index contributed by atoms with van der Waals surface area (Å²) in [5.74, 6) is 1.55. The molecule has 0 radical (unpaired) electrons. The number of nitrogens with one attached hydrogen (secondary N) is 1. The highest BCUT2D eigenvalue weighted by Crippen LogP contribution is 2.23. The molecule has 2 aromatic heterocycles. The number of aromatic nitrogens is 4. The Morgan fingerprint density at radius 2 is 1.89 bits per heavy atom. The van der Waals surface area contributed by atoms with Crippen LogP contribution in [0, 0.1) is 0 Å². The average Bonchev–Trinajstić information content (AvgIpc) is 2.83. The molecule has 2 heterocycles. The Bertz CT molecular complexity index is 705. The second-order valence-corrected chi connectivity index (χ2v) is 4.10. The van der Waals surface area contributed by atoms with Gasteiger partial charge in [0.25, 0.3) is 0 Å². The van der Waals surface area contributed by atoms with E-state index in [2.05, 4.69) is 20.3 Å². The highest BCUT2D eigenvalue weighted by molar-refractivity contribution is 5.85. The zero-order valence-electron chi connectivity index (χ0n) is 10.7. The molecule has 6 heteroatoms. The Kier molecular flexibility index (Phi) is 2.75. The van der Waals surface area contributed by atoms with Crippen LogP contribution in [0.5, 0.6) is 5.75 Å². The number of benzene rings is 1. The number of hydrogen-bond donors (Lipinski definition) is 1. The van der Waals surface area contributed by atoms with E-state index in [1.807, 2.05) is 35.9 Å². The molecule has 0 spiro atoms. The van der Waals surface area contributed by atoms with Crippen LogP contribution in [0.1, 0.15) is 0 Å². The Labute approximate surface area is 110 Å². The van der Waals surface area contributed by atoms with E-state index in [4.69, 9.17) is 4.74 Å². The van der Waals surface area contributed by atoms with E-state index < -0.39 is 0 Å². The molecular formula is C13H13N5O. The predicted octanol–water partition coefficient (Wildman–Crippen LogP) is 2.12. The third-order valence-electron chi connectivity index (χ3n) is 2.86. The van der Waals surface area contributed by atoms with Crippen LogP contribution in [-0.4, -0.2) is 26.6 Å². The molecule has 0 saturated heterocycles. The van der Waals surface area contributed by atoms with Crippen LogP contribution >= 0.6 is 0 Å². The summed E-state index contributed by atoms with van der Waals surface area (Å²) in [4.78, 5) is 12.6. The SMILES string of the molecule is COc1ccc(Nc2ncnc3ncn(C)c23)cc1. The van der Waals surface area contributed by atoms with E-state index in [9.17, 15) is 0 Å². The highest BCUT2D eigenvalue weighted by atomic mass is 16.5. The number of aryl methyl sites for hydroxylation is 1. The molecule has 1 N–H and O–H groups in total. The minimum Gasteiger partial charge on any atom is -0.497 e. The predicted molar refractivity (Wildman–Crippen MR) is 72.6 cm³/mol. The fourth-order valence-electron chi connectivity index (χ4n) is 1.89. The third kappa shape index (κ3) is 2.08. The first kappa shape index (κ1) is 11.5. The van der Waals surface area contributed by atoms with E-state index in [-0.39, 0.29) is 0 Å². The molecule has 0 fully saturated rings. The summed E-state index contributed by atoms with van der Waals surface area (Å²) in [6.45, 7) is 0. The van der Waals surface area contributed by atoms with Gasteiger partial charge in [-0.3, -0.25) is 0 Å². The molecule has 0 unspecified atom stereocenters. The smallest absolute Gasteiger partial charge is 0.182 e. The topological polar surface area (TPSA) is 64.9 Å². The lowest BCUT2D eigenvalue weighted by molar-refractivity contribution is 0.415. The lowest BCUT2D eigenvalue weighted by Gasteiger charge is -2.08. The van der Waals surface area contributed by atoms with Crippen molar-refractivity contribution in [2.75, 3.05) is 12.4 Å². The van der Waals surface area contributed by atoms with Crippen LogP contribution in [-0.2, 0) is 7.05 Å². The Morgan fingerprint density at radius 3 is 2.63 bits per heavy atom. The summed E-state index contributed by atoms with van der Waals surface area (Å²) >= 11 is 0. The summed E-state index contributed by atoms with van der Waals surface area (Å²) in [5.41, 5.74) is 2.48. The molecule has 0 atom stereocenters.